The molecular weight excluding hydrogens is 456 g/mol. The summed E-state index contributed by atoms with van der Waals surface area (Å²) >= 11 is 0. The molecule has 0 N–H and O–H groups in total. The third-order valence-electron chi connectivity index (χ3n) is 9.00. The number of rotatable bonds is 25. The molecule has 0 radical (unpaired) electrons. The van der Waals surface area contributed by atoms with E-state index >= 15 is 0 Å². The van der Waals surface area contributed by atoms with Crippen molar-refractivity contribution in [3.63, 3.8) is 0 Å². The van der Waals surface area contributed by atoms with E-state index < -0.39 is 0 Å². The van der Waals surface area contributed by atoms with Gasteiger partial charge in [-0.2, -0.15) is 0 Å². The standard InChI is InChI=1S/C38H64/c1-4-7-10-11-12-13-14-15-16-17-18-19-20-21-22-23-28-35(26-8-5-2)38(30-9-6-3)37-32-31-34-27-24-25-29-36(34)33-37/h24-25,27,29,31-33,35,38H,4-23,26,28,30H2,1-3H3. The fourth-order valence-electron chi connectivity index (χ4n) is 6.50. The molecule has 2 atom stereocenters. The Morgan fingerprint density at radius 3 is 1.42 bits per heavy atom. The molecule has 2 aromatic rings. The average Bonchev–Trinajstić information content (AvgIpc) is 2.95. The Bertz CT molecular complexity index is 789. The zero-order valence-electron chi connectivity index (χ0n) is 26.0. The lowest BCUT2D eigenvalue weighted by atomic mass is 9.77. The van der Waals surface area contributed by atoms with E-state index in [1.165, 1.54) is 158 Å². The van der Waals surface area contributed by atoms with Gasteiger partial charge in [0.25, 0.3) is 0 Å². The molecule has 0 aromatic heterocycles. The number of unbranched alkanes of at least 4 members (excludes halogenated alkanes) is 17. The molecule has 0 nitrogen and oxygen atoms in total. The SMILES string of the molecule is CCCCCCCCCCCCCCCCCCC(CCCC)C(CCCC)c1ccc2ccccc2c1. The van der Waals surface area contributed by atoms with Crippen molar-refractivity contribution in [2.45, 2.75) is 174 Å². The van der Waals surface area contributed by atoms with E-state index in [-0.39, 0.29) is 0 Å². The molecule has 0 spiro atoms. The molecule has 0 heteroatoms. The molecule has 216 valence electrons. The Morgan fingerprint density at radius 2 is 0.868 bits per heavy atom. The Labute approximate surface area is 238 Å². The molecule has 0 fully saturated rings. The lowest BCUT2D eigenvalue weighted by Crippen LogP contribution is -2.14. The van der Waals surface area contributed by atoms with Gasteiger partial charge in [-0.15, -0.1) is 0 Å². The third-order valence-corrected chi connectivity index (χ3v) is 9.00. The minimum atomic E-state index is 0.738. The fourth-order valence-corrected chi connectivity index (χ4v) is 6.50. The molecule has 38 heavy (non-hydrogen) atoms. The molecule has 0 bridgehead atoms. The maximum Gasteiger partial charge on any atom is -0.0133 e. The predicted octanol–water partition coefficient (Wildman–Crippen LogP) is 13.6. The van der Waals surface area contributed by atoms with E-state index in [2.05, 4.69) is 63.2 Å². The van der Waals surface area contributed by atoms with Crippen molar-refractivity contribution < 1.29 is 0 Å². The number of hydrogen-bond acceptors (Lipinski definition) is 0. The monoisotopic (exact) mass is 521 g/mol. The van der Waals surface area contributed by atoms with Crippen LogP contribution in [-0.4, -0.2) is 0 Å². The van der Waals surface area contributed by atoms with Crippen molar-refractivity contribution in [3.8, 4) is 0 Å². The van der Waals surface area contributed by atoms with E-state index in [9.17, 15) is 0 Å². The van der Waals surface area contributed by atoms with Crippen LogP contribution in [0.2, 0.25) is 0 Å². The van der Waals surface area contributed by atoms with E-state index in [0.29, 0.717) is 0 Å². The summed E-state index contributed by atoms with van der Waals surface area (Å²) in [6, 6.07) is 16.3. The predicted molar refractivity (Wildman–Crippen MR) is 173 cm³/mol. The zero-order valence-corrected chi connectivity index (χ0v) is 26.0. The van der Waals surface area contributed by atoms with E-state index in [4.69, 9.17) is 0 Å². The van der Waals surface area contributed by atoms with Gasteiger partial charge in [0.05, 0.1) is 0 Å². The Balaban J connectivity index is 1.66. The molecule has 2 aromatic carbocycles. The average molecular weight is 521 g/mol. The van der Waals surface area contributed by atoms with Crippen LogP contribution >= 0.6 is 0 Å². The van der Waals surface area contributed by atoms with Gasteiger partial charge >= 0.3 is 0 Å². The lowest BCUT2D eigenvalue weighted by molar-refractivity contribution is 0.327. The maximum absolute atomic E-state index is 2.52. The van der Waals surface area contributed by atoms with Gasteiger partial charge in [-0.25, -0.2) is 0 Å². The first-order valence-electron chi connectivity index (χ1n) is 17.3. The second-order valence-electron chi connectivity index (χ2n) is 12.3. The van der Waals surface area contributed by atoms with Crippen LogP contribution in [0.5, 0.6) is 0 Å². The fraction of sp³-hybridized carbons (Fsp3) is 0.737. The second-order valence-corrected chi connectivity index (χ2v) is 12.3. The van der Waals surface area contributed by atoms with Crippen molar-refractivity contribution in [2.24, 2.45) is 5.92 Å². The van der Waals surface area contributed by atoms with Crippen molar-refractivity contribution >= 4 is 10.8 Å². The van der Waals surface area contributed by atoms with Crippen LogP contribution in [0.15, 0.2) is 42.5 Å². The minimum Gasteiger partial charge on any atom is -0.0654 e. The highest BCUT2D eigenvalue weighted by atomic mass is 14.3. The molecular formula is C38H64. The van der Waals surface area contributed by atoms with Crippen molar-refractivity contribution in [1.82, 2.24) is 0 Å². The normalized spacial score (nSPS) is 13.2. The summed E-state index contributed by atoms with van der Waals surface area (Å²) in [7, 11) is 0. The number of benzene rings is 2. The smallest absolute Gasteiger partial charge is 0.0133 e. The highest BCUT2D eigenvalue weighted by Crippen LogP contribution is 2.38. The van der Waals surface area contributed by atoms with Crippen LogP contribution in [0.4, 0.5) is 0 Å². The van der Waals surface area contributed by atoms with Gasteiger partial charge in [-0.3, -0.25) is 0 Å². The van der Waals surface area contributed by atoms with Crippen LogP contribution in [0, 0.1) is 5.92 Å². The summed E-state index contributed by atoms with van der Waals surface area (Å²) in [5.41, 5.74) is 1.61. The summed E-state index contributed by atoms with van der Waals surface area (Å²) < 4.78 is 0. The minimum absolute atomic E-state index is 0.738. The van der Waals surface area contributed by atoms with Crippen LogP contribution in [0.1, 0.15) is 180 Å². The Hall–Kier alpha value is -1.30. The van der Waals surface area contributed by atoms with Gasteiger partial charge < -0.3 is 0 Å². The van der Waals surface area contributed by atoms with Crippen LogP contribution in [-0.2, 0) is 0 Å². The van der Waals surface area contributed by atoms with Crippen LogP contribution in [0.3, 0.4) is 0 Å². The summed E-state index contributed by atoms with van der Waals surface area (Å²) in [4.78, 5) is 0. The highest BCUT2D eigenvalue weighted by Gasteiger charge is 2.22. The maximum atomic E-state index is 2.52. The van der Waals surface area contributed by atoms with Crippen molar-refractivity contribution in [1.29, 1.82) is 0 Å². The van der Waals surface area contributed by atoms with Gasteiger partial charge in [0.1, 0.15) is 0 Å². The Kier molecular flexibility index (Phi) is 19.5. The molecule has 2 rings (SSSR count). The second kappa shape index (κ2) is 22.5. The summed E-state index contributed by atoms with van der Waals surface area (Å²) in [5, 5.41) is 2.80. The molecule has 0 aliphatic heterocycles. The van der Waals surface area contributed by atoms with Gasteiger partial charge in [-0.05, 0) is 47.4 Å². The Morgan fingerprint density at radius 1 is 0.421 bits per heavy atom. The summed E-state index contributed by atoms with van der Waals surface area (Å²) in [6.45, 7) is 7.03. The summed E-state index contributed by atoms with van der Waals surface area (Å²) in [5.74, 6) is 1.59. The summed E-state index contributed by atoms with van der Waals surface area (Å²) in [6.07, 6.45) is 32.9. The van der Waals surface area contributed by atoms with Gasteiger partial charge in [-0.1, -0.05) is 192 Å². The topological polar surface area (TPSA) is 0 Å². The van der Waals surface area contributed by atoms with Crippen LogP contribution < -0.4 is 0 Å². The van der Waals surface area contributed by atoms with Gasteiger partial charge in [0, 0.05) is 0 Å². The molecule has 0 saturated heterocycles. The highest BCUT2D eigenvalue weighted by molar-refractivity contribution is 5.83. The van der Waals surface area contributed by atoms with Crippen molar-refractivity contribution in [3.05, 3.63) is 48.0 Å². The quantitative estimate of drug-likeness (QED) is 0.114. The van der Waals surface area contributed by atoms with Gasteiger partial charge in [0.2, 0.25) is 0 Å². The van der Waals surface area contributed by atoms with Crippen molar-refractivity contribution in [2.75, 3.05) is 0 Å². The van der Waals surface area contributed by atoms with E-state index in [1.54, 1.807) is 5.56 Å². The number of hydrogen-bond donors (Lipinski definition) is 0. The first-order valence-corrected chi connectivity index (χ1v) is 17.3. The first kappa shape index (κ1) is 32.9. The van der Waals surface area contributed by atoms with E-state index in [1.807, 2.05) is 0 Å². The molecule has 0 heterocycles. The van der Waals surface area contributed by atoms with Gasteiger partial charge in [0.15, 0.2) is 0 Å². The lowest BCUT2D eigenvalue weighted by Gasteiger charge is -2.28. The molecule has 0 aliphatic carbocycles. The largest absolute Gasteiger partial charge is 0.0654 e. The zero-order chi connectivity index (χ0) is 27.1. The van der Waals surface area contributed by atoms with E-state index in [0.717, 1.165) is 11.8 Å². The number of fused-ring (bicyclic) bond motifs is 1. The molecule has 0 amide bonds. The molecule has 0 saturated carbocycles. The third kappa shape index (κ3) is 14.2. The first-order chi connectivity index (χ1) is 18.8. The van der Waals surface area contributed by atoms with Crippen LogP contribution in [0.25, 0.3) is 10.8 Å². The molecule has 2 unspecified atom stereocenters. The molecule has 0 aliphatic rings.